The zero-order chi connectivity index (χ0) is 8.84. The molecule has 0 spiro atoms. The molecule has 4 atom stereocenters. The Bertz CT molecular complexity index is 233. The molecule has 3 fully saturated rings. The van der Waals surface area contributed by atoms with Crippen molar-refractivity contribution in [3.05, 3.63) is 0 Å². The van der Waals surface area contributed by atoms with E-state index >= 15 is 0 Å². The second-order valence-corrected chi connectivity index (χ2v) is 5.23. The molecule has 72 valence electrons. The van der Waals surface area contributed by atoms with Crippen molar-refractivity contribution in [1.29, 1.82) is 0 Å². The predicted molar refractivity (Wildman–Crippen MR) is 51.3 cm³/mol. The molecule has 0 aromatic rings. The van der Waals surface area contributed by atoms with Crippen molar-refractivity contribution < 1.29 is 4.79 Å². The summed E-state index contributed by atoms with van der Waals surface area (Å²) in [6.45, 7) is 0. The van der Waals surface area contributed by atoms with E-state index in [1.54, 1.807) is 0 Å². The van der Waals surface area contributed by atoms with E-state index in [0.29, 0.717) is 11.7 Å². The molecule has 3 saturated carbocycles. The van der Waals surface area contributed by atoms with Gasteiger partial charge < -0.3 is 0 Å². The minimum atomic E-state index is 0.499. The maximum atomic E-state index is 11.8. The number of carbonyl (C=O) groups is 1. The third kappa shape index (κ3) is 1.09. The third-order valence-corrected chi connectivity index (χ3v) is 4.71. The summed E-state index contributed by atoms with van der Waals surface area (Å²) < 4.78 is 0. The summed E-state index contributed by atoms with van der Waals surface area (Å²) in [5, 5.41) is 0. The number of fused-ring (bicyclic) bond motifs is 3. The molecule has 0 aromatic heterocycles. The van der Waals surface area contributed by atoms with Gasteiger partial charge in [0.15, 0.2) is 0 Å². The SMILES string of the molecule is O=C1C[C@@H]2CCC[C@H]2[C@H]2CCC[C@@H]12. The van der Waals surface area contributed by atoms with E-state index in [1.165, 1.54) is 38.5 Å². The first-order valence-electron chi connectivity index (χ1n) is 5.89. The zero-order valence-electron chi connectivity index (χ0n) is 8.17. The average molecular weight is 178 g/mol. The lowest BCUT2D eigenvalue weighted by atomic mass is 9.69. The van der Waals surface area contributed by atoms with Crippen LogP contribution < -0.4 is 0 Å². The number of carbonyl (C=O) groups excluding carboxylic acids is 1. The second kappa shape index (κ2) is 2.83. The van der Waals surface area contributed by atoms with Crippen molar-refractivity contribution in [1.82, 2.24) is 0 Å². The summed E-state index contributed by atoms with van der Waals surface area (Å²) in [7, 11) is 0. The Morgan fingerprint density at radius 3 is 2.62 bits per heavy atom. The van der Waals surface area contributed by atoms with Gasteiger partial charge in [-0.05, 0) is 43.4 Å². The van der Waals surface area contributed by atoms with Crippen LogP contribution in [0, 0.1) is 23.7 Å². The van der Waals surface area contributed by atoms with Crippen LogP contribution in [0.4, 0.5) is 0 Å². The molecule has 0 heterocycles. The van der Waals surface area contributed by atoms with Gasteiger partial charge in [0.05, 0.1) is 0 Å². The van der Waals surface area contributed by atoms with Gasteiger partial charge in [-0.15, -0.1) is 0 Å². The topological polar surface area (TPSA) is 17.1 Å². The summed E-state index contributed by atoms with van der Waals surface area (Å²) >= 11 is 0. The van der Waals surface area contributed by atoms with Crippen molar-refractivity contribution in [2.75, 3.05) is 0 Å². The van der Waals surface area contributed by atoms with E-state index in [9.17, 15) is 4.79 Å². The largest absolute Gasteiger partial charge is 0.299 e. The van der Waals surface area contributed by atoms with Crippen LogP contribution in [0.2, 0.25) is 0 Å². The summed E-state index contributed by atoms with van der Waals surface area (Å²) in [5.41, 5.74) is 0. The Labute approximate surface area is 79.9 Å². The summed E-state index contributed by atoms with van der Waals surface area (Å²) in [6, 6.07) is 0. The van der Waals surface area contributed by atoms with Crippen molar-refractivity contribution in [3.63, 3.8) is 0 Å². The Kier molecular flexibility index (Phi) is 1.75. The Balaban J connectivity index is 1.88. The average Bonchev–Trinajstić information content (AvgIpc) is 2.66. The van der Waals surface area contributed by atoms with Crippen LogP contribution in [0.15, 0.2) is 0 Å². The van der Waals surface area contributed by atoms with Crippen molar-refractivity contribution in [2.24, 2.45) is 23.7 Å². The van der Waals surface area contributed by atoms with E-state index in [1.807, 2.05) is 0 Å². The first-order valence-corrected chi connectivity index (χ1v) is 5.89. The van der Waals surface area contributed by atoms with Gasteiger partial charge >= 0.3 is 0 Å². The fraction of sp³-hybridized carbons (Fsp3) is 0.917. The van der Waals surface area contributed by atoms with Crippen LogP contribution >= 0.6 is 0 Å². The quantitative estimate of drug-likeness (QED) is 0.557. The Hall–Kier alpha value is -0.330. The second-order valence-electron chi connectivity index (χ2n) is 5.23. The maximum absolute atomic E-state index is 11.8. The highest BCUT2D eigenvalue weighted by atomic mass is 16.1. The first-order chi connectivity index (χ1) is 6.36. The highest BCUT2D eigenvalue weighted by molar-refractivity contribution is 5.82. The van der Waals surface area contributed by atoms with Crippen LogP contribution in [0.1, 0.15) is 44.9 Å². The lowest BCUT2D eigenvalue weighted by molar-refractivity contribution is -0.129. The van der Waals surface area contributed by atoms with Crippen LogP contribution in [-0.4, -0.2) is 5.78 Å². The highest BCUT2D eigenvalue weighted by Gasteiger charge is 2.47. The van der Waals surface area contributed by atoms with E-state index in [4.69, 9.17) is 0 Å². The van der Waals surface area contributed by atoms with Crippen LogP contribution in [0.3, 0.4) is 0 Å². The molecule has 13 heavy (non-hydrogen) atoms. The Morgan fingerprint density at radius 1 is 0.923 bits per heavy atom. The molecule has 0 N–H and O–H groups in total. The summed E-state index contributed by atoms with van der Waals surface area (Å²) in [4.78, 5) is 11.8. The van der Waals surface area contributed by atoms with Crippen LogP contribution in [-0.2, 0) is 4.79 Å². The fourth-order valence-electron chi connectivity index (χ4n) is 4.19. The smallest absolute Gasteiger partial charge is 0.136 e. The van der Waals surface area contributed by atoms with Crippen LogP contribution in [0.25, 0.3) is 0 Å². The van der Waals surface area contributed by atoms with Gasteiger partial charge in [-0.3, -0.25) is 4.79 Å². The van der Waals surface area contributed by atoms with Gasteiger partial charge in [-0.1, -0.05) is 12.8 Å². The van der Waals surface area contributed by atoms with Crippen molar-refractivity contribution in [3.8, 4) is 0 Å². The summed E-state index contributed by atoms with van der Waals surface area (Å²) in [6.07, 6.45) is 9.00. The van der Waals surface area contributed by atoms with Crippen molar-refractivity contribution in [2.45, 2.75) is 44.9 Å². The van der Waals surface area contributed by atoms with E-state index in [0.717, 1.165) is 24.2 Å². The molecular weight excluding hydrogens is 160 g/mol. The van der Waals surface area contributed by atoms with Gasteiger partial charge in [-0.2, -0.15) is 0 Å². The number of rotatable bonds is 0. The number of hydrogen-bond donors (Lipinski definition) is 0. The first kappa shape index (κ1) is 8.02. The molecule has 0 saturated heterocycles. The minimum Gasteiger partial charge on any atom is -0.299 e. The molecule has 3 aliphatic rings. The molecule has 0 aliphatic heterocycles. The normalized spacial score (nSPS) is 49.1. The molecule has 3 aliphatic carbocycles. The van der Waals surface area contributed by atoms with E-state index in [2.05, 4.69) is 0 Å². The molecule has 3 rings (SSSR count). The number of hydrogen-bond acceptors (Lipinski definition) is 1. The maximum Gasteiger partial charge on any atom is 0.136 e. The number of Topliss-reactive ketones (excluding diaryl/α,β-unsaturated/α-hetero) is 1. The van der Waals surface area contributed by atoms with Gasteiger partial charge in [0.2, 0.25) is 0 Å². The number of ketones is 1. The lowest BCUT2D eigenvalue weighted by Gasteiger charge is -2.35. The summed E-state index contributed by atoms with van der Waals surface area (Å²) in [5.74, 6) is 3.68. The van der Waals surface area contributed by atoms with Gasteiger partial charge in [-0.25, -0.2) is 0 Å². The van der Waals surface area contributed by atoms with Crippen LogP contribution in [0.5, 0.6) is 0 Å². The van der Waals surface area contributed by atoms with Crippen molar-refractivity contribution >= 4 is 5.78 Å². The minimum absolute atomic E-state index is 0.499. The van der Waals surface area contributed by atoms with E-state index in [-0.39, 0.29) is 0 Å². The molecule has 0 bridgehead atoms. The molecule has 0 radical (unpaired) electrons. The van der Waals surface area contributed by atoms with Gasteiger partial charge in [0.25, 0.3) is 0 Å². The molecule has 0 amide bonds. The van der Waals surface area contributed by atoms with Gasteiger partial charge in [0.1, 0.15) is 5.78 Å². The predicted octanol–water partition coefficient (Wildman–Crippen LogP) is 2.79. The molecular formula is C12H18O. The van der Waals surface area contributed by atoms with E-state index < -0.39 is 0 Å². The third-order valence-electron chi connectivity index (χ3n) is 4.71. The fourth-order valence-corrected chi connectivity index (χ4v) is 4.19. The Morgan fingerprint density at radius 2 is 1.69 bits per heavy atom. The highest BCUT2D eigenvalue weighted by Crippen LogP contribution is 2.52. The standard InChI is InChI=1S/C12H18O/c13-12-7-8-3-1-4-9(8)10-5-2-6-11(10)12/h8-11H,1-7H2/t8-,9+,10+,11+/m0/s1. The molecule has 0 aromatic carbocycles. The monoisotopic (exact) mass is 178 g/mol. The molecule has 0 unspecified atom stereocenters. The lowest BCUT2D eigenvalue weighted by Crippen LogP contribution is -2.35. The molecule has 1 nitrogen and oxygen atoms in total. The molecule has 1 heteroatoms. The van der Waals surface area contributed by atoms with Gasteiger partial charge in [0, 0.05) is 12.3 Å². The zero-order valence-corrected chi connectivity index (χ0v) is 8.17.